The van der Waals surface area contributed by atoms with Gasteiger partial charge in [0, 0.05) is 23.5 Å². The van der Waals surface area contributed by atoms with Crippen LogP contribution in [0, 0.1) is 12.3 Å². The third-order valence-corrected chi connectivity index (χ3v) is 1.95. The van der Waals surface area contributed by atoms with Crippen LogP contribution in [-0.2, 0) is 4.79 Å². The fraction of sp³-hybridized carbons (Fsp3) is 0.538. The summed E-state index contributed by atoms with van der Waals surface area (Å²) in [5.41, 5.74) is 1.44. The van der Waals surface area contributed by atoms with E-state index >= 15 is 0 Å². The third-order valence-electron chi connectivity index (χ3n) is 1.95. The maximum Gasteiger partial charge on any atom is 0.229 e. The van der Waals surface area contributed by atoms with Crippen molar-refractivity contribution in [1.29, 1.82) is 0 Å². The zero-order valence-electron chi connectivity index (χ0n) is 11.1. The minimum Gasteiger partial charge on any atom is -0.325 e. The molecule has 90 valence electrons. The quantitative estimate of drug-likeness (QED) is 0.791. The van der Waals surface area contributed by atoms with Gasteiger partial charge in [-0.15, -0.1) is 0 Å². The summed E-state index contributed by atoms with van der Waals surface area (Å²) in [5.74, 6) is 0.0202. The minimum atomic E-state index is -0.365. The Morgan fingerprint density at radius 3 is 2.31 bits per heavy atom. The Bertz CT molecular complexity index is 340. The van der Waals surface area contributed by atoms with Crippen LogP contribution in [0.4, 0.5) is 5.69 Å². The molecule has 0 radical (unpaired) electrons. The smallest absolute Gasteiger partial charge is 0.229 e. The first-order valence-electron chi connectivity index (χ1n) is 5.63. The lowest BCUT2D eigenvalue weighted by Gasteiger charge is -2.18. The summed E-state index contributed by atoms with van der Waals surface area (Å²) >= 11 is 0. The molecule has 1 heterocycles. The molecule has 1 N–H and O–H groups in total. The van der Waals surface area contributed by atoms with Gasteiger partial charge >= 0.3 is 0 Å². The number of carbonyl (C=O) groups excluding carboxylic acids is 1. The van der Waals surface area contributed by atoms with Crippen LogP contribution in [-0.4, -0.2) is 10.9 Å². The summed E-state index contributed by atoms with van der Waals surface area (Å²) in [5, 5.41) is 2.87. The highest BCUT2D eigenvalue weighted by Crippen LogP contribution is 2.18. The van der Waals surface area contributed by atoms with Crippen molar-refractivity contribution in [2.24, 2.45) is 5.41 Å². The van der Waals surface area contributed by atoms with Crippen LogP contribution in [0.2, 0.25) is 0 Å². The van der Waals surface area contributed by atoms with Crippen molar-refractivity contribution >= 4 is 11.6 Å². The van der Waals surface area contributed by atoms with Gasteiger partial charge in [0.2, 0.25) is 5.91 Å². The van der Waals surface area contributed by atoms with E-state index in [2.05, 4.69) is 10.3 Å². The van der Waals surface area contributed by atoms with E-state index in [9.17, 15) is 4.79 Å². The van der Waals surface area contributed by atoms with E-state index in [4.69, 9.17) is 0 Å². The highest BCUT2D eigenvalue weighted by atomic mass is 16.2. The maximum atomic E-state index is 11.7. The van der Waals surface area contributed by atoms with Gasteiger partial charge in [-0.1, -0.05) is 34.6 Å². The molecule has 0 aliphatic carbocycles. The molecule has 0 atom stereocenters. The highest BCUT2D eigenvalue weighted by molar-refractivity contribution is 5.94. The summed E-state index contributed by atoms with van der Waals surface area (Å²) in [7, 11) is 0. The van der Waals surface area contributed by atoms with E-state index in [-0.39, 0.29) is 11.3 Å². The fourth-order valence-corrected chi connectivity index (χ4v) is 0.923. The Morgan fingerprint density at radius 2 is 1.88 bits per heavy atom. The van der Waals surface area contributed by atoms with E-state index in [1.165, 1.54) is 0 Å². The minimum absolute atomic E-state index is 0.0202. The Balaban J connectivity index is 0.00000106. The van der Waals surface area contributed by atoms with Crippen LogP contribution in [0.3, 0.4) is 0 Å². The first-order chi connectivity index (χ1) is 7.41. The maximum absolute atomic E-state index is 11.7. The number of pyridine rings is 1. The molecule has 0 aliphatic heterocycles. The van der Waals surface area contributed by atoms with Crippen LogP contribution in [0.5, 0.6) is 0 Å². The number of nitrogens with one attached hydrogen (secondary N) is 1. The molecule has 1 aromatic rings. The Labute approximate surface area is 98.3 Å². The van der Waals surface area contributed by atoms with Gasteiger partial charge in [-0.2, -0.15) is 0 Å². The summed E-state index contributed by atoms with van der Waals surface area (Å²) < 4.78 is 0. The highest BCUT2D eigenvalue weighted by Gasteiger charge is 2.21. The Hall–Kier alpha value is -1.38. The zero-order valence-corrected chi connectivity index (χ0v) is 11.1. The fourth-order valence-electron chi connectivity index (χ4n) is 0.923. The lowest BCUT2D eigenvalue weighted by atomic mass is 9.95. The number of hydrogen-bond acceptors (Lipinski definition) is 2. The monoisotopic (exact) mass is 222 g/mol. The lowest BCUT2D eigenvalue weighted by Crippen LogP contribution is -2.27. The van der Waals surface area contributed by atoms with Crippen LogP contribution in [0.25, 0.3) is 0 Å². The van der Waals surface area contributed by atoms with Gasteiger partial charge in [0.25, 0.3) is 0 Å². The Morgan fingerprint density at radius 1 is 1.31 bits per heavy atom. The number of anilines is 1. The molecule has 0 spiro atoms. The predicted octanol–water partition coefficient (Wildman–Crippen LogP) is 3.40. The molecule has 0 fully saturated rings. The largest absolute Gasteiger partial charge is 0.325 e. The van der Waals surface area contributed by atoms with Crippen molar-refractivity contribution in [2.75, 3.05) is 5.32 Å². The SMILES string of the molecule is CC.Cc1cnccc1NC(=O)C(C)(C)C. The zero-order chi connectivity index (χ0) is 12.8. The van der Waals surface area contributed by atoms with Crippen LogP contribution in [0.1, 0.15) is 40.2 Å². The lowest BCUT2D eigenvalue weighted by molar-refractivity contribution is -0.123. The van der Waals surface area contributed by atoms with Gasteiger partial charge in [0.15, 0.2) is 0 Å². The van der Waals surface area contributed by atoms with E-state index in [1.807, 2.05) is 41.5 Å². The molecule has 0 unspecified atom stereocenters. The van der Waals surface area contributed by atoms with E-state index in [0.29, 0.717) is 0 Å². The van der Waals surface area contributed by atoms with Gasteiger partial charge in [-0.3, -0.25) is 9.78 Å². The number of aromatic nitrogens is 1. The molecule has 0 bridgehead atoms. The number of hydrogen-bond donors (Lipinski definition) is 1. The first-order valence-corrected chi connectivity index (χ1v) is 5.63. The number of carbonyl (C=O) groups is 1. The van der Waals surface area contributed by atoms with Crippen molar-refractivity contribution in [3.63, 3.8) is 0 Å². The second-order valence-electron chi connectivity index (χ2n) is 4.39. The average molecular weight is 222 g/mol. The van der Waals surface area contributed by atoms with Gasteiger partial charge in [0.1, 0.15) is 0 Å². The number of aryl methyl sites for hydroxylation is 1. The second kappa shape index (κ2) is 6.26. The summed E-state index contributed by atoms with van der Waals surface area (Å²) in [6, 6.07) is 1.80. The van der Waals surface area contributed by atoms with E-state index in [0.717, 1.165) is 11.3 Å². The molecular weight excluding hydrogens is 200 g/mol. The van der Waals surface area contributed by atoms with Crippen LogP contribution < -0.4 is 5.32 Å². The van der Waals surface area contributed by atoms with Gasteiger partial charge in [-0.05, 0) is 18.6 Å². The molecule has 1 rings (SSSR count). The molecule has 3 nitrogen and oxygen atoms in total. The number of nitrogens with zero attached hydrogens (tertiary/aromatic N) is 1. The molecule has 3 heteroatoms. The molecule has 0 saturated heterocycles. The molecule has 1 amide bonds. The van der Waals surface area contributed by atoms with Crippen LogP contribution in [0.15, 0.2) is 18.5 Å². The molecular formula is C13H22N2O. The van der Waals surface area contributed by atoms with Gasteiger partial charge in [0.05, 0.1) is 0 Å². The van der Waals surface area contributed by atoms with E-state index < -0.39 is 0 Å². The van der Waals surface area contributed by atoms with Crippen LogP contribution >= 0.6 is 0 Å². The summed E-state index contributed by atoms with van der Waals surface area (Å²) in [4.78, 5) is 15.6. The normalized spacial score (nSPS) is 10.1. The molecule has 16 heavy (non-hydrogen) atoms. The first kappa shape index (κ1) is 14.6. The van der Waals surface area contributed by atoms with Gasteiger partial charge in [-0.25, -0.2) is 0 Å². The topological polar surface area (TPSA) is 42.0 Å². The standard InChI is InChI=1S/C11H16N2O.C2H6/c1-8-7-12-6-5-9(8)13-10(14)11(2,3)4;1-2/h5-7H,1-4H3,(H,12,13,14);1-2H3. The molecule has 0 saturated carbocycles. The predicted molar refractivity (Wildman–Crippen MR) is 68.4 cm³/mol. The van der Waals surface area contributed by atoms with E-state index in [1.54, 1.807) is 18.5 Å². The Kier molecular flexibility index (Phi) is 5.72. The van der Waals surface area contributed by atoms with Gasteiger partial charge < -0.3 is 5.32 Å². The third kappa shape index (κ3) is 4.43. The summed E-state index contributed by atoms with van der Waals surface area (Å²) in [6.07, 6.45) is 3.41. The van der Waals surface area contributed by atoms with Crippen molar-refractivity contribution < 1.29 is 4.79 Å². The average Bonchev–Trinajstić information content (AvgIpc) is 2.23. The number of rotatable bonds is 1. The number of amides is 1. The molecule has 0 aliphatic rings. The van der Waals surface area contributed by atoms with Crippen molar-refractivity contribution in [3.8, 4) is 0 Å². The second-order valence-corrected chi connectivity index (χ2v) is 4.39. The van der Waals surface area contributed by atoms with Crippen molar-refractivity contribution in [2.45, 2.75) is 41.5 Å². The summed E-state index contributed by atoms with van der Waals surface area (Å²) in [6.45, 7) is 11.6. The van der Waals surface area contributed by atoms with Crippen molar-refractivity contribution in [3.05, 3.63) is 24.0 Å². The molecule has 1 aromatic heterocycles. The van der Waals surface area contributed by atoms with Crippen molar-refractivity contribution in [1.82, 2.24) is 4.98 Å². The molecule has 0 aromatic carbocycles.